The van der Waals surface area contributed by atoms with E-state index in [-0.39, 0.29) is 5.78 Å². The first kappa shape index (κ1) is 11.6. The van der Waals surface area contributed by atoms with Gasteiger partial charge in [0.1, 0.15) is 5.78 Å². The van der Waals surface area contributed by atoms with Crippen molar-refractivity contribution in [3.63, 3.8) is 0 Å². The molecule has 0 amide bonds. The van der Waals surface area contributed by atoms with Crippen molar-refractivity contribution in [3.8, 4) is 0 Å². The topological polar surface area (TPSA) is 35.5 Å². The van der Waals surface area contributed by atoms with Crippen LogP contribution in [0.25, 0.3) is 0 Å². The van der Waals surface area contributed by atoms with Crippen molar-refractivity contribution in [1.82, 2.24) is 0 Å². The summed E-state index contributed by atoms with van der Waals surface area (Å²) in [5, 5.41) is 0. The van der Waals surface area contributed by atoms with E-state index in [1.54, 1.807) is 14.0 Å². The summed E-state index contributed by atoms with van der Waals surface area (Å²) in [5.41, 5.74) is 0. The molecule has 0 atom stereocenters. The van der Waals surface area contributed by atoms with Crippen LogP contribution >= 0.6 is 0 Å². The molecule has 0 N–H and O–H groups in total. The number of hydrogen-bond acceptors (Lipinski definition) is 3. The molecule has 0 heterocycles. The summed E-state index contributed by atoms with van der Waals surface area (Å²) in [6.07, 6.45) is 0.721. The van der Waals surface area contributed by atoms with Gasteiger partial charge in [-0.2, -0.15) is 0 Å². The molecule has 0 saturated carbocycles. The average molecular weight is 173 g/mol. The SMILES string of the molecule is COCCOCC[C](C)C(C)=O. The molecule has 0 rings (SSSR count). The summed E-state index contributed by atoms with van der Waals surface area (Å²) < 4.78 is 9.99. The van der Waals surface area contributed by atoms with E-state index in [9.17, 15) is 4.79 Å². The molecule has 12 heavy (non-hydrogen) atoms. The van der Waals surface area contributed by atoms with Gasteiger partial charge in [-0.3, -0.25) is 4.79 Å². The molecule has 0 spiro atoms. The minimum Gasteiger partial charge on any atom is -0.382 e. The van der Waals surface area contributed by atoms with E-state index in [1.165, 1.54) is 0 Å². The molecule has 1 radical (unpaired) electrons. The van der Waals surface area contributed by atoms with E-state index < -0.39 is 0 Å². The highest BCUT2D eigenvalue weighted by atomic mass is 16.5. The van der Waals surface area contributed by atoms with Crippen LogP contribution in [0.3, 0.4) is 0 Å². The third-order valence-corrected chi connectivity index (χ3v) is 1.65. The predicted octanol–water partition coefficient (Wildman–Crippen LogP) is 1.22. The third-order valence-electron chi connectivity index (χ3n) is 1.65. The van der Waals surface area contributed by atoms with Crippen molar-refractivity contribution < 1.29 is 14.3 Å². The first-order chi connectivity index (χ1) is 5.68. The highest BCUT2D eigenvalue weighted by Crippen LogP contribution is 2.05. The van der Waals surface area contributed by atoms with E-state index >= 15 is 0 Å². The maximum Gasteiger partial charge on any atom is 0.136 e. The molecule has 0 aliphatic carbocycles. The molecule has 3 heteroatoms. The summed E-state index contributed by atoms with van der Waals surface area (Å²) in [4.78, 5) is 10.7. The monoisotopic (exact) mass is 173 g/mol. The van der Waals surface area contributed by atoms with Crippen LogP contribution in [0.1, 0.15) is 20.3 Å². The van der Waals surface area contributed by atoms with E-state index in [0.29, 0.717) is 19.8 Å². The number of ketones is 1. The largest absolute Gasteiger partial charge is 0.382 e. The van der Waals surface area contributed by atoms with Crippen LogP contribution in [-0.4, -0.2) is 32.7 Å². The summed E-state index contributed by atoms with van der Waals surface area (Å²) >= 11 is 0. The number of Topliss-reactive ketones (excluding diaryl/α,β-unsaturated/α-hetero) is 1. The van der Waals surface area contributed by atoms with Gasteiger partial charge < -0.3 is 9.47 Å². The molecule has 0 fully saturated rings. The smallest absolute Gasteiger partial charge is 0.136 e. The van der Waals surface area contributed by atoms with Gasteiger partial charge in [-0.25, -0.2) is 0 Å². The van der Waals surface area contributed by atoms with Crippen LogP contribution in [-0.2, 0) is 14.3 Å². The van der Waals surface area contributed by atoms with Gasteiger partial charge in [-0.15, -0.1) is 0 Å². The Morgan fingerprint density at radius 3 is 2.33 bits per heavy atom. The zero-order chi connectivity index (χ0) is 9.40. The molecule has 0 aromatic rings. The highest BCUT2D eigenvalue weighted by molar-refractivity contribution is 5.89. The number of hydrogen-bond donors (Lipinski definition) is 0. The normalized spacial score (nSPS) is 10.7. The second kappa shape index (κ2) is 7.25. The van der Waals surface area contributed by atoms with Crippen LogP contribution < -0.4 is 0 Å². The van der Waals surface area contributed by atoms with E-state index in [2.05, 4.69) is 0 Å². The molecule has 0 unspecified atom stereocenters. The highest BCUT2D eigenvalue weighted by Gasteiger charge is 2.06. The van der Waals surface area contributed by atoms with Crippen molar-refractivity contribution >= 4 is 5.78 Å². The molecule has 0 aliphatic heterocycles. The summed E-state index contributed by atoms with van der Waals surface area (Å²) in [6.45, 7) is 5.22. The fourth-order valence-electron chi connectivity index (χ4n) is 0.646. The lowest BCUT2D eigenvalue weighted by molar-refractivity contribution is -0.115. The molecule has 3 nitrogen and oxygen atoms in total. The van der Waals surface area contributed by atoms with Crippen molar-refractivity contribution in [1.29, 1.82) is 0 Å². The Bertz CT molecular complexity index is 123. The number of ether oxygens (including phenoxy) is 2. The molecule has 71 valence electrons. The average Bonchev–Trinajstić information content (AvgIpc) is 2.03. The van der Waals surface area contributed by atoms with Gasteiger partial charge in [0.2, 0.25) is 0 Å². The lowest BCUT2D eigenvalue weighted by atomic mass is 10.1. The second-order valence-electron chi connectivity index (χ2n) is 2.69. The molecule has 0 aliphatic rings. The van der Waals surface area contributed by atoms with Gasteiger partial charge in [-0.1, -0.05) is 6.92 Å². The molecule has 0 bridgehead atoms. The lowest BCUT2D eigenvalue weighted by Gasteiger charge is -2.06. The van der Waals surface area contributed by atoms with Gasteiger partial charge in [0, 0.05) is 19.6 Å². The number of carbonyl (C=O) groups excluding carboxylic acids is 1. The zero-order valence-electron chi connectivity index (χ0n) is 8.05. The summed E-state index contributed by atoms with van der Waals surface area (Å²) in [7, 11) is 1.64. The standard InChI is InChI=1S/C9H17O3/c1-8(9(2)10)4-5-12-7-6-11-3/h4-7H2,1-3H3. The van der Waals surface area contributed by atoms with Crippen LogP contribution in [0.4, 0.5) is 0 Å². The summed E-state index contributed by atoms with van der Waals surface area (Å²) in [5.74, 6) is 1.01. The fraction of sp³-hybridized carbons (Fsp3) is 0.778. The fourth-order valence-corrected chi connectivity index (χ4v) is 0.646. The van der Waals surface area contributed by atoms with Crippen molar-refractivity contribution in [2.75, 3.05) is 26.9 Å². The quantitative estimate of drug-likeness (QED) is 0.543. The van der Waals surface area contributed by atoms with Crippen molar-refractivity contribution in [3.05, 3.63) is 5.92 Å². The first-order valence-electron chi connectivity index (χ1n) is 4.08. The zero-order valence-corrected chi connectivity index (χ0v) is 8.05. The summed E-state index contributed by atoms with van der Waals surface area (Å²) in [6, 6.07) is 0. The second-order valence-corrected chi connectivity index (χ2v) is 2.69. The third kappa shape index (κ3) is 6.31. The Morgan fingerprint density at radius 1 is 1.17 bits per heavy atom. The Morgan fingerprint density at radius 2 is 1.83 bits per heavy atom. The van der Waals surface area contributed by atoms with Gasteiger partial charge in [0.25, 0.3) is 0 Å². The van der Waals surface area contributed by atoms with Gasteiger partial charge >= 0.3 is 0 Å². The Kier molecular flexibility index (Phi) is 7.00. The number of rotatable bonds is 7. The Hall–Kier alpha value is -0.410. The van der Waals surface area contributed by atoms with Crippen molar-refractivity contribution in [2.45, 2.75) is 20.3 Å². The van der Waals surface area contributed by atoms with Gasteiger partial charge in [-0.05, 0) is 13.3 Å². The molecule has 0 saturated heterocycles. The molecular weight excluding hydrogens is 156 g/mol. The van der Waals surface area contributed by atoms with Crippen LogP contribution in [0.5, 0.6) is 0 Å². The maximum absolute atomic E-state index is 10.7. The minimum atomic E-state index is 0.144. The molecular formula is C9H17O3. The Labute approximate surface area is 74.0 Å². The molecule has 0 aromatic carbocycles. The van der Waals surface area contributed by atoms with Crippen LogP contribution in [0, 0.1) is 5.92 Å². The van der Waals surface area contributed by atoms with Crippen LogP contribution in [0.15, 0.2) is 0 Å². The van der Waals surface area contributed by atoms with E-state index in [1.807, 2.05) is 6.92 Å². The number of methoxy groups -OCH3 is 1. The van der Waals surface area contributed by atoms with Gasteiger partial charge in [0.05, 0.1) is 13.2 Å². The predicted molar refractivity (Wildman–Crippen MR) is 46.9 cm³/mol. The van der Waals surface area contributed by atoms with Crippen LogP contribution in [0.2, 0.25) is 0 Å². The van der Waals surface area contributed by atoms with E-state index in [4.69, 9.17) is 9.47 Å². The first-order valence-corrected chi connectivity index (χ1v) is 4.08. The van der Waals surface area contributed by atoms with E-state index in [0.717, 1.165) is 12.3 Å². The number of carbonyl (C=O) groups is 1. The molecule has 0 aromatic heterocycles. The Balaban J connectivity index is 3.14. The van der Waals surface area contributed by atoms with Gasteiger partial charge in [0.15, 0.2) is 0 Å². The lowest BCUT2D eigenvalue weighted by Crippen LogP contribution is -2.09. The van der Waals surface area contributed by atoms with Crippen molar-refractivity contribution in [2.24, 2.45) is 0 Å². The maximum atomic E-state index is 10.7. The minimum absolute atomic E-state index is 0.144.